The highest BCUT2D eigenvalue weighted by molar-refractivity contribution is 7.10. The van der Waals surface area contributed by atoms with Gasteiger partial charge in [0.1, 0.15) is 0 Å². The van der Waals surface area contributed by atoms with Crippen molar-refractivity contribution in [2.75, 3.05) is 6.54 Å². The van der Waals surface area contributed by atoms with Gasteiger partial charge in [0.05, 0.1) is 0 Å². The van der Waals surface area contributed by atoms with Crippen molar-refractivity contribution in [3.05, 3.63) is 57.8 Å². The van der Waals surface area contributed by atoms with Gasteiger partial charge in [0.25, 0.3) is 0 Å². The lowest BCUT2D eigenvalue weighted by molar-refractivity contribution is 0.579. The lowest BCUT2D eigenvalue weighted by Gasteiger charge is -2.18. The molecule has 1 aliphatic carbocycles. The molecule has 0 amide bonds. The summed E-state index contributed by atoms with van der Waals surface area (Å²) in [7, 11) is 0. The fourth-order valence-corrected chi connectivity index (χ4v) is 3.45. The molecular formula is C17H21NS. The summed E-state index contributed by atoms with van der Waals surface area (Å²) in [5.41, 5.74) is 2.90. The topological polar surface area (TPSA) is 12.0 Å². The summed E-state index contributed by atoms with van der Waals surface area (Å²) in [5.74, 6) is 0.596. The summed E-state index contributed by atoms with van der Waals surface area (Å²) < 4.78 is 0. The molecule has 19 heavy (non-hydrogen) atoms. The van der Waals surface area contributed by atoms with E-state index in [1.54, 1.807) is 0 Å². The summed E-state index contributed by atoms with van der Waals surface area (Å²) in [4.78, 5) is 1.53. The van der Waals surface area contributed by atoms with E-state index in [1.165, 1.54) is 28.8 Å². The second kappa shape index (κ2) is 5.89. The van der Waals surface area contributed by atoms with Gasteiger partial charge in [-0.25, -0.2) is 0 Å². The maximum atomic E-state index is 3.69. The number of rotatable bonds is 6. The Labute approximate surface area is 119 Å². The van der Waals surface area contributed by atoms with E-state index >= 15 is 0 Å². The zero-order valence-corrected chi connectivity index (χ0v) is 12.2. The van der Waals surface area contributed by atoms with Crippen LogP contribution in [0, 0.1) is 6.92 Å². The van der Waals surface area contributed by atoms with Crippen LogP contribution in [0.15, 0.2) is 41.8 Å². The quantitative estimate of drug-likeness (QED) is 0.833. The molecular weight excluding hydrogens is 250 g/mol. The van der Waals surface area contributed by atoms with Crippen molar-refractivity contribution in [2.24, 2.45) is 0 Å². The third-order valence-corrected chi connectivity index (χ3v) is 4.95. The Bertz CT molecular complexity index is 513. The first-order chi connectivity index (χ1) is 9.33. The van der Waals surface area contributed by atoms with Crippen LogP contribution in [-0.2, 0) is 6.42 Å². The van der Waals surface area contributed by atoms with E-state index in [0.29, 0.717) is 5.92 Å². The lowest BCUT2D eigenvalue weighted by Crippen LogP contribution is -2.24. The molecule has 1 heterocycles. The van der Waals surface area contributed by atoms with E-state index in [4.69, 9.17) is 0 Å². The summed E-state index contributed by atoms with van der Waals surface area (Å²) in [6, 6.07) is 14.0. The molecule has 0 aliphatic heterocycles. The average Bonchev–Trinajstić information content (AvgIpc) is 3.19. The molecule has 1 nitrogen and oxygen atoms in total. The Kier molecular flexibility index (Phi) is 4.00. The molecule has 0 radical (unpaired) electrons. The van der Waals surface area contributed by atoms with Crippen LogP contribution in [0.2, 0.25) is 0 Å². The Morgan fingerprint density at radius 1 is 1.21 bits per heavy atom. The Hall–Kier alpha value is -1.12. The lowest BCUT2D eigenvalue weighted by atomic mass is 9.94. The van der Waals surface area contributed by atoms with Gasteiger partial charge in [0, 0.05) is 23.4 Å². The number of nitrogens with one attached hydrogen (secondary N) is 1. The molecule has 3 rings (SSSR count). The first-order valence-electron chi connectivity index (χ1n) is 7.14. The van der Waals surface area contributed by atoms with Crippen molar-refractivity contribution >= 4 is 11.3 Å². The van der Waals surface area contributed by atoms with Gasteiger partial charge in [-0.3, -0.25) is 0 Å². The fourth-order valence-electron chi connectivity index (χ4n) is 2.47. The highest BCUT2D eigenvalue weighted by atomic mass is 32.1. The summed E-state index contributed by atoms with van der Waals surface area (Å²) >= 11 is 1.89. The van der Waals surface area contributed by atoms with Crippen LogP contribution in [0.3, 0.4) is 0 Å². The van der Waals surface area contributed by atoms with E-state index < -0.39 is 0 Å². The largest absolute Gasteiger partial charge is 0.313 e. The number of benzene rings is 1. The molecule has 1 saturated carbocycles. The molecule has 1 atom stereocenters. The van der Waals surface area contributed by atoms with Gasteiger partial charge in [-0.2, -0.15) is 0 Å². The fraction of sp³-hybridized carbons (Fsp3) is 0.412. The van der Waals surface area contributed by atoms with Gasteiger partial charge in [0.15, 0.2) is 0 Å². The Balaban J connectivity index is 1.73. The van der Waals surface area contributed by atoms with Crippen molar-refractivity contribution in [1.82, 2.24) is 5.32 Å². The first-order valence-corrected chi connectivity index (χ1v) is 8.02. The normalized spacial score (nSPS) is 16.5. The Morgan fingerprint density at radius 3 is 2.63 bits per heavy atom. The molecule has 0 spiro atoms. The molecule has 2 heteroatoms. The van der Waals surface area contributed by atoms with Crippen molar-refractivity contribution in [1.29, 1.82) is 0 Å². The predicted octanol–water partition coefficient (Wildman–Crippen LogP) is 4.13. The summed E-state index contributed by atoms with van der Waals surface area (Å²) in [5, 5.41) is 5.90. The molecule has 0 saturated heterocycles. The van der Waals surface area contributed by atoms with E-state index in [0.717, 1.165) is 19.0 Å². The average molecular weight is 271 g/mol. The minimum atomic E-state index is 0.596. The second-order valence-electron chi connectivity index (χ2n) is 5.52. The molecule has 2 aromatic rings. The van der Waals surface area contributed by atoms with Crippen LogP contribution in [-0.4, -0.2) is 12.6 Å². The second-order valence-corrected chi connectivity index (χ2v) is 6.52. The van der Waals surface area contributed by atoms with Gasteiger partial charge in [-0.1, -0.05) is 30.3 Å². The van der Waals surface area contributed by atoms with Gasteiger partial charge in [0.2, 0.25) is 0 Å². The van der Waals surface area contributed by atoms with Crippen molar-refractivity contribution < 1.29 is 0 Å². The summed E-state index contributed by atoms with van der Waals surface area (Å²) in [6.07, 6.45) is 3.88. The van der Waals surface area contributed by atoms with E-state index in [9.17, 15) is 0 Å². The van der Waals surface area contributed by atoms with Gasteiger partial charge in [-0.15, -0.1) is 11.3 Å². The van der Waals surface area contributed by atoms with E-state index in [1.807, 2.05) is 11.3 Å². The van der Waals surface area contributed by atoms with Gasteiger partial charge in [-0.05, 0) is 48.8 Å². The van der Waals surface area contributed by atoms with Crippen molar-refractivity contribution in [3.8, 4) is 0 Å². The molecule has 100 valence electrons. The minimum absolute atomic E-state index is 0.596. The van der Waals surface area contributed by atoms with Crippen molar-refractivity contribution in [2.45, 2.75) is 38.1 Å². The molecule has 1 aromatic heterocycles. The first kappa shape index (κ1) is 12.9. The monoisotopic (exact) mass is 271 g/mol. The van der Waals surface area contributed by atoms with Gasteiger partial charge >= 0.3 is 0 Å². The van der Waals surface area contributed by atoms with Crippen LogP contribution >= 0.6 is 11.3 Å². The van der Waals surface area contributed by atoms with E-state index in [-0.39, 0.29) is 0 Å². The number of hydrogen-bond donors (Lipinski definition) is 1. The maximum absolute atomic E-state index is 3.69. The Morgan fingerprint density at radius 2 is 2.00 bits per heavy atom. The molecule has 0 bridgehead atoms. The van der Waals surface area contributed by atoms with Crippen LogP contribution in [0.4, 0.5) is 0 Å². The maximum Gasteiger partial charge on any atom is 0.00809 e. The smallest absolute Gasteiger partial charge is 0.00809 e. The molecule has 1 aromatic carbocycles. The predicted molar refractivity (Wildman–Crippen MR) is 83.0 cm³/mol. The highest BCUT2D eigenvalue weighted by Crippen LogP contribution is 2.27. The van der Waals surface area contributed by atoms with Crippen LogP contribution in [0.1, 0.15) is 34.8 Å². The highest BCUT2D eigenvalue weighted by Gasteiger charge is 2.23. The number of hydrogen-bond acceptors (Lipinski definition) is 2. The SMILES string of the molecule is Cc1ccsc1CC(CNC1CC1)c1ccccc1. The molecule has 1 fully saturated rings. The number of thiophene rings is 1. The van der Waals surface area contributed by atoms with Crippen molar-refractivity contribution in [3.63, 3.8) is 0 Å². The third-order valence-electron chi connectivity index (χ3n) is 3.90. The van der Waals surface area contributed by atoms with Crippen LogP contribution in [0.5, 0.6) is 0 Å². The third kappa shape index (κ3) is 3.46. The van der Waals surface area contributed by atoms with Crippen LogP contribution in [0.25, 0.3) is 0 Å². The molecule has 1 aliphatic rings. The standard InChI is InChI=1S/C17H21NS/c1-13-9-10-19-17(13)11-15(12-18-16-7-8-16)14-5-3-2-4-6-14/h2-6,9-10,15-16,18H,7-8,11-12H2,1H3. The molecule has 1 N–H and O–H groups in total. The zero-order valence-electron chi connectivity index (χ0n) is 11.4. The number of aryl methyl sites for hydroxylation is 1. The molecule has 1 unspecified atom stereocenters. The van der Waals surface area contributed by atoms with E-state index in [2.05, 4.69) is 54.0 Å². The van der Waals surface area contributed by atoms with Crippen LogP contribution < -0.4 is 5.32 Å². The zero-order chi connectivity index (χ0) is 13.1. The van der Waals surface area contributed by atoms with Gasteiger partial charge < -0.3 is 5.32 Å². The summed E-state index contributed by atoms with van der Waals surface area (Å²) in [6.45, 7) is 3.33. The minimum Gasteiger partial charge on any atom is -0.313 e.